The van der Waals surface area contributed by atoms with Crippen LogP contribution in [0.4, 0.5) is 0 Å². The molecule has 1 aromatic carbocycles. The lowest BCUT2D eigenvalue weighted by Gasteiger charge is -2.06. The van der Waals surface area contributed by atoms with Crippen LogP contribution < -0.4 is 0 Å². The van der Waals surface area contributed by atoms with Crippen LogP contribution in [-0.4, -0.2) is 10.2 Å². The quantitative estimate of drug-likeness (QED) is 0.750. The van der Waals surface area contributed by atoms with Gasteiger partial charge >= 0.3 is 0 Å². The Morgan fingerprint density at radius 2 is 2.21 bits per heavy atom. The van der Waals surface area contributed by atoms with Crippen molar-refractivity contribution in [2.75, 3.05) is 0 Å². The topological polar surface area (TPSA) is 37.3 Å². The fraction of sp³-hybridized carbons (Fsp3) is 0.364. The monoisotopic (exact) mass is 210 g/mol. The Balaban J connectivity index is 2.95. The van der Waals surface area contributed by atoms with E-state index < -0.39 is 0 Å². The van der Waals surface area contributed by atoms with E-state index in [9.17, 15) is 9.90 Å². The van der Waals surface area contributed by atoms with Crippen LogP contribution in [0.1, 0.15) is 35.7 Å². The van der Waals surface area contributed by atoms with Gasteiger partial charge in [0.05, 0.1) is 5.56 Å². The Bertz CT molecular complexity index is 334. The molecule has 3 heteroatoms. The van der Waals surface area contributed by atoms with Gasteiger partial charge in [0, 0.05) is 0 Å². The van der Waals surface area contributed by atoms with Crippen LogP contribution in [0.2, 0.25) is 0 Å². The van der Waals surface area contributed by atoms with Crippen LogP contribution in [0.3, 0.4) is 0 Å². The highest BCUT2D eigenvalue weighted by molar-refractivity contribution is 7.97. The number of hydrogen-bond acceptors (Lipinski definition) is 2. The number of benzene rings is 1. The summed E-state index contributed by atoms with van der Waals surface area (Å²) in [5.74, 6) is 0.0842. The average Bonchev–Trinajstić information content (AvgIpc) is 2.16. The maximum atomic E-state index is 11.0. The van der Waals surface area contributed by atoms with E-state index in [1.54, 1.807) is 12.1 Å². The summed E-state index contributed by atoms with van der Waals surface area (Å²) in [5.41, 5.74) is 1.12. The fourth-order valence-corrected chi connectivity index (χ4v) is 1.51. The van der Waals surface area contributed by atoms with E-state index in [0.29, 0.717) is 5.56 Å². The van der Waals surface area contributed by atoms with Gasteiger partial charge in [-0.05, 0) is 24.5 Å². The van der Waals surface area contributed by atoms with Gasteiger partial charge in [-0.3, -0.25) is 4.79 Å². The normalized spacial score (nSPS) is 10.1. The highest BCUT2D eigenvalue weighted by atomic mass is 32.1. The van der Waals surface area contributed by atoms with Crippen LogP contribution >= 0.6 is 12.6 Å². The molecule has 0 saturated heterocycles. The third-order valence-corrected chi connectivity index (χ3v) is 2.39. The summed E-state index contributed by atoms with van der Waals surface area (Å²) in [4.78, 5) is 11.0. The number of aromatic hydroxyl groups is 1. The van der Waals surface area contributed by atoms with Crippen molar-refractivity contribution < 1.29 is 9.90 Å². The van der Waals surface area contributed by atoms with Crippen LogP contribution in [-0.2, 0) is 6.42 Å². The fourth-order valence-electron chi connectivity index (χ4n) is 1.33. The minimum absolute atomic E-state index is 0.0842. The molecule has 0 atom stereocenters. The molecule has 0 spiro atoms. The van der Waals surface area contributed by atoms with E-state index in [0.717, 1.165) is 24.8 Å². The Morgan fingerprint density at radius 1 is 1.50 bits per heavy atom. The molecule has 14 heavy (non-hydrogen) atoms. The zero-order chi connectivity index (χ0) is 10.6. The summed E-state index contributed by atoms with van der Waals surface area (Å²) < 4.78 is 0. The highest BCUT2D eigenvalue weighted by Crippen LogP contribution is 2.25. The highest BCUT2D eigenvalue weighted by Gasteiger charge is 2.10. The van der Waals surface area contributed by atoms with E-state index in [2.05, 4.69) is 19.6 Å². The van der Waals surface area contributed by atoms with Crippen molar-refractivity contribution in [3.8, 4) is 5.75 Å². The molecular weight excluding hydrogens is 196 g/mol. The summed E-state index contributed by atoms with van der Waals surface area (Å²) in [6.45, 7) is 2.09. The van der Waals surface area contributed by atoms with E-state index in [-0.39, 0.29) is 10.9 Å². The first kappa shape index (κ1) is 11.1. The van der Waals surface area contributed by atoms with Crippen LogP contribution in [0.5, 0.6) is 5.75 Å². The molecule has 0 aliphatic carbocycles. The molecule has 0 amide bonds. The zero-order valence-corrected chi connectivity index (χ0v) is 9.05. The molecule has 0 aliphatic rings. The Labute approximate surface area is 89.4 Å². The second kappa shape index (κ2) is 5.05. The minimum atomic E-state index is -0.388. The maximum Gasteiger partial charge on any atom is 0.220 e. The molecule has 0 aliphatic heterocycles. The molecule has 1 aromatic rings. The first-order valence-corrected chi connectivity index (χ1v) is 5.15. The van der Waals surface area contributed by atoms with Gasteiger partial charge in [0.1, 0.15) is 5.75 Å². The maximum absolute atomic E-state index is 11.0. The molecule has 0 aromatic heterocycles. The lowest BCUT2D eigenvalue weighted by atomic mass is 10.0. The van der Waals surface area contributed by atoms with E-state index >= 15 is 0 Å². The van der Waals surface area contributed by atoms with Crippen molar-refractivity contribution in [3.05, 3.63) is 29.3 Å². The molecule has 76 valence electrons. The second-order valence-electron chi connectivity index (χ2n) is 3.22. The second-order valence-corrected chi connectivity index (χ2v) is 3.63. The minimum Gasteiger partial charge on any atom is -0.507 e. The smallest absolute Gasteiger partial charge is 0.220 e. The standard InChI is InChI=1S/C11H14O2S/c1-2-3-5-8-6-4-7-9(10(8)12)11(13)14/h4,6-7,12H,2-3,5H2,1H3,(H,13,14). The van der Waals surface area contributed by atoms with Crippen molar-refractivity contribution in [1.82, 2.24) is 0 Å². The lowest BCUT2D eigenvalue weighted by Crippen LogP contribution is -1.94. The van der Waals surface area contributed by atoms with Gasteiger partial charge < -0.3 is 5.11 Å². The van der Waals surface area contributed by atoms with Crippen molar-refractivity contribution in [3.63, 3.8) is 0 Å². The number of thiol groups is 1. The van der Waals surface area contributed by atoms with Crippen LogP contribution in [0.15, 0.2) is 18.2 Å². The summed E-state index contributed by atoms with van der Waals surface area (Å²) in [5, 5.41) is 9.33. The van der Waals surface area contributed by atoms with Crippen molar-refractivity contribution in [2.45, 2.75) is 26.2 Å². The number of phenolic OH excluding ortho intramolecular Hbond substituents is 1. The van der Waals surface area contributed by atoms with E-state index in [1.807, 2.05) is 6.07 Å². The van der Waals surface area contributed by atoms with Gasteiger partial charge in [0.15, 0.2) is 0 Å². The molecule has 0 fully saturated rings. The first-order chi connectivity index (χ1) is 6.66. The van der Waals surface area contributed by atoms with Gasteiger partial charge in [-0.15, -0.1) is 12.6 Å². The number of carbonyl (C=O) groups excluding carboxylic acids is 1. The van der Waals surface area contributed by atoms with Crippen LogP contribution in [0, 0.1) is 0 Å². The molecule has 1 N–H and O–H groups in total. The number of hydrogen-bond donors (Lipinski definition) is 2. The van der Waals surface area contributed by atoms with Crippen molar-refractivity contribution >= 4 is 17.7 Å². The lowest BCUT2D eigenvalue weighted by molar-refractivity contribution is 0.108. The molecule has 0 unspecified atom stereocenters. The first-order valence-electron chi connectivity index (χ1n) is 4.71. The van der Waals surface area contributed by atoms with Crippen molar-refractivity contribution in [1.29, 1.82) is 0 Å². The molecule has 2 nitrogen and oxygen atoms in total. The summed E-state index contributed by atoms with van der Waals surface area (Å²) >= 11 is 3.70. The Kier molecular flexibility index (Phi) is 4.01. The number of unbranched alkanes of at least 4 members (excludes halogenated alkanes) is 1. The third-order valence-electron chi connectivity index (χ3n) is 2.15. The zero-order valence-electron chi connectivity index (χ0n) is 8.16. The Hall–Kier alpha value is -0.960. The molecule has 0 heterocycles. The molecule has 1 rings (SSSR count). The van der Waals surface area contributed by atoms with Gasteiger partial charge in [-0.2, -0.15) is 0 Å². The number of para-hydroxylation sites is 1. The largest absolute Gasteiger partial charge is 0.507 e. The van der Waals surface area contributed by atoms with E-state index in [4.69, 9.17) is 0 Å². The van der Waals surface area contributed by atoms with Crippen molar-refractivity contribution in [2.24, 2.45) is 0 Å². The number of phenols is 1. The summed E-state index contributed by atoms with van der Waals surface area (Å²) in [6.07, 6.45) is 2.88. The van der Waals surface area contributed by atoms with Gasteiger partial charge in [0.2, 0.25) is 5.12 Å². The van der Waals surface area contributed by atoms with Gasteiger partial charge in [-0.25, -0.2) is 0 Å². The average molecular weight is 210 g/mol. The molecule has 0 radical (unpaired) electrons. The Morgan fingerprint density at radius 3 is 2.79 bits per heavy atom. The molecule has 0 bridgehead atoms. The summed E-state index contributed by atoms with van der Waals surface area (Å²) in [6, 6.07) is 5.19. The van der Waals surface area contributed by atoms with Gasteiger partial charge in [-0.1, -0.05) is 25.5 Å². The molecule has 0 saturated carbocycles. The van der Waals surface area contributed by atoms with Crippen LogP contribution in [0.25, 0.3) is 0 Å². The number of aryl methyl sites for hydroxylation is 1. The molecular formula is C11H14O2S. The third kappa shape index (κ3) is 2.51. The number of rotatable bonds is 4. The van der Waals surface area contributed by atoms with Gasteiger partial charge in [0.25, 0.3) is 0 Å². The van der Waals surface area contributed by atoms with E-state index in [1.165, 1.54) is 0 Å². The number of carbonyl (C=O) groups is 1. The predicted molar refractivity (Wildman–Crippen MR) is 60.0 cm³/mol. The predicted octanol–water partition coefficient (Wildman–Crippen LogP) is 2.80. The summed E-state index contributed by atoms with van der Waals surface area (Å²) in [7, 11) is 0. The SMILES string of the molecule is CCCCc1cccc(C(=O)S)c1O.